The van der Waals surface area contributed by atoms with Crippen LogP contribution in [-0.2, 0) is 0 Å². The largest absolute Gasteiger partial charge is 0.138 e. The summed E-state index contributed by atoms with van der Waals surface area (Å²) in [6.07, 6.45) is 3.77. The maximum atomic E-state index is 3.47. The predicted octanol–water partition coefficient (Wildman–Crippen LogP) is 1.70. The topological polar surface area (TPSA) is 0 Å². The normalized spacial score (nSPS) is 10.0. The van der Waals surface area contributed by atoms with Crippen LogP contribution in [0.15, 0.2) is 11.5 Å². The van der Waals surface area contributed by atoms with Crippen molar-refractivity contribution < 1.29 is 0 Å². The summed E-state index contributed by atoms with van der Waals surface area (Å²) < 4.78 is 0. The molecule has 0 nitrogen and oxygen atoms in total. The molecule has 0 unspecified atom stereocenters. The molecular formula is C4H7S. The minimum Gasteiger partial charge on any atom is -0.138 e. The lowest BCUT2D eigenvalue weighted by atomic mass is 10.8. The minimum absolute atomic E-state index is 1.66. The number of hydrogen-bond acceptors (Lipinski definition) is 1. The van der Waals surface area contributed by atoms with Crippen LogP contribution < -0.4 is 0 Å². The van der Waals surface area contributed by atoms with Gasteiger partial charge in [0.1, 0.15) is 0 Å². The average molecular weight is 87.2 g/mol. The first-order chi connectivity index (χ1) is 2.41. The van der Waals surface area contributed by atoms with E-state index in [9.17, 15) is 0 Å². The second-order valence-electron chi connectivity index (χ2n) is 0.607. The third-order valence-electron chi connectivity index (χ3n) is 0.232. The number of thioether (sulfide) groups is 1. The third-order valence-corrected chi connectivity index (χ3v) is 0.697. The molecule has 5 heavy (non-hydrogen) atoms. The highest BCUT2D eigenvalue weighted by Crippen LogP contribution is 1.89. The van der Waals surface area contributed by atoms with Crippen LogP contribution in [0.3, 0.4) is 0 Å². The molecule has 0 amide bonds. The Morgan fingerprint density at radius 3 is 2.40 bits per heavy atom. The molecule has 0 rings (SSSR count). The lowest BCUT2D eigenvalue weighted by molar-refractivity contribution is 2.15. The fourth-order valence-electron chi connectivity index (χ4n) is 0.0962. The highest BCUT2D eigenvalue weighted by molar-refractivity contribution is 8.01. The van der Waals surface area contributed by atoms with Gasteiger partial charge in [-0.3, -0.25) is 0 Å². The second kappa shape index (κ2) is 4.09. The van der Waals surface area contributed by atoms with E-state index in [0.29, 0.717) is 0 Å². The summed E-state index contributed by atoms with van der Waals surface area (Å²) in [7, 11) is 0. The van der Waals surface area contributed by atoms with E-state index in [4.69, 9.17) is 0 Å². The highest BCUT2D eigenvalue weighted by Gasteiger charge is 1.51. The Morgan fingerprint density at radius 2 is 2.40 bits per heavy atom. The van der Waals surface area contributed by atoms with Crippen LogP contribution in [0, 0.1) is 6.92 Å². The first-order valence-electron chi connectivity index (χ1n) is 1.39. The first-order valence-corrected chi connectivity index (χ1v) is 2.67. The Hall–Kier alpha value is 0.0900. The van der Waals surface area contributed by atoms with Crippen molar-refractivity contribution in [2.75, 3.05) is 6.26 Å². The van der Waals surface area contributed by atoms with E-state index in [1.165, 1.54) is 0 Å². The van der Waals surface area contributed by atoms with Crippen molar-refractivity contribution in [3.05, 3.63) is 18.4 Å². The van der Waals surface area contributed by atoms with Gasteiger partial charge in [0.2, 0.25) is 0 Å². The smallest absolute Gasteiger partial charge is 0.0142 e. The molecule has 0 fully saturated rings. The number of allylic oxidation sites excluding steroid dienone is 1. The maximum Gasteiger partial charge on any atom is -0.0142 e. The Balaban J connectivity index is 2.62. The molecule has 0 heterocycles. The molecule has 0 saturated carbocycles. The summed E-state index contributed by atoms with van der Waals surface area (Å²) in [6.45, 7) is 3.47. The first kappa shape index (κ1) is 5.09. The Labute approximate surface area is 37.3 Å². The molecule has 0 atom stereocenters. The van der Waals surface area contributed by atoms with Crippen molar-refractivity contribution in [3.63, 3.8) is 0 Å². The van der Waals surface area contributed by atoms with Gasteiger partial charge in [-0.05, 0) is 18.6 Å². The zero-order chi connectivity index (χ0) is 4.12. The van der Waals surface area contributed by atoms with Crippen molar-refractivity contribution in [2.45, 2.75) is 0 Å². The van der Waals surface area contributed by atoms with E-state index in [1.54, 1.807) is 17.8 Å². The third kappa shape index (κ3) is 4.09. The van der Waals surface area contributed by atoms with Crippen LogP contribution >= 0.6 is 11.8 Å². The fraction of sp³-hybridized carbons (Fsp3) is 0.250. The van der Waals surface area contributed by atoms with Gasteiger partial charge in [-0.15, -0.1) is 11.8 Å². The Bertz CT molecular complexity index is 30.6. The summed E-state index contributed by atoms with van der Waals surface area (Å²) in [5.41, 5.74) is 0. The molecule has 0 aromatic carbocycles. The van der Waals surface area contributed by atoms with Gasteiger partial charge < -0.3 is 0 Å². The number of hydrogen-bond donors (Lipinski definition) is 0. The lowest BCUT2D eigenvalue weighted by Gasteiger charge is -1.65. The van der Waals surface area contributed by atoms with Gasteiger partial charge >= 0.3 is 0 Å². The summed E-state index contributed by atoms with van der Waals surface area (Å²) in [4.78, 5) is 0. The van der Waals surface area contributed by atoms with Crippen molar-refractivity contribution in [1.82, 2.24) is 0 Å². The van der Waals surface area contributed by atoms with E-state index in [-0.39, 0.29) is 0 Å². The lowest BCUT2D eigenvalue weighted by Crippen LogP contribution is -1.35. The van der Waals surface area contributed by atoms with E-state index < -0.39 is 0 Å². The summed E-state index contributed by atoms with van der Waals surface area (Å²) in [5, 5.41) is 1.93. The SMILES string of the molecule is [CH2]C=CSC. The molecule has 0 N–H and O–H groups in total. The van der Waals surface area contributed by atoms with Gasteiger partial charge in [0.15, 0.2) is 0 Å². The zero-order valence-electron chi connectivity index (χ0n) is 3.27. The molecular weight excluding hydrogens is 80.1 g/mol. The average Bonchev–Trinajstić information content (AvgIpc) is 1.41. The van der Waals surface area contributed by atoms with E-state index in [0.717, 1.165) is 0 Å². The molecule has 29 valence electrons. The van der Waals surface area contributed by atoms with Crippen molar-refractivity contribution >= 4 is 11.8 Å². The van der Waals surface area contributed by atoms with Crippen LogP contribution in [0.5, 0.6) is 0 Å². The zero-order valence-corrected chi connectivity index (χ0v) is 4.09. The molecule has 0 aliphatic rings. The van der Waals surface area contributed by atoms with Crippen LogP contribution in [0.1, 0.15) is 0 Å². The van der Waals surface area contributed by atoms with Gasteiger partial charge in [-0.25, -0.2) is 0 Å². The number of rotatable bonds is 1. The van der Waals surface area contributed by atoms with Crippen LogP contribution in [0.4, 0.5) is 0 Å². The maximum absolute atomic E-state index is 3.47. The van der Waals surface area contributed by atoms with Gasteiger partial charge in [0.25, 0.3) is 0 Å². The van der Waals surface area contributed by atoms with Crippen molar-refractivity contribution in [2.24, 2.45) is 0 Å². The van der Waals surface area contributed by atoms with Gasteiger partial charge in [0, 0.05) is 0 Å². The van der Waals surface area contributed by atoms with Gasteiger partial charge in [0.05, 0.1) is 0 Å². The standard InChI is InChI=1S/C4H7S/c1-3-4-5-2/h3-4H,1H2,2H3. The van der Waals surface area contributed by atoms with E-state index in [2.05, 4.69) is 6.92 Å². The summed E-state index contributed by atoms with van der Waals surface area (Å²) >= 11 is 1.66. The minimum atomic E-state index is 1.66. The Morgan fingerprint density at radius 1 is 1.80 bits per heavy atom. The molecule has 0 saturated heterocycles. The molecule has 0 aromatic heterocycles. The molecule has 0 aliphatic carbocycles. The monoisotopic (exact) mass is 87.0 g/mol. The van der Waals surface area contributed by atoms with E-state index >= 15 is 0 Å². The van der Waals surface area contributed by atoms with Crippen LogP contribution in [0.25, 0.3) is 0 Å². The summed E-state index contributed by atoms with van der Waals surface area (Å²) in [6, 6.07) is 0. The highest BCUT2D eigenvalue weighted by atomic mass is 32.2. The molecule has 0 aromatic rings. The Kier molecular flexibility index (Phi) is 4.16. The molecule has 0 spiro atoms. The summed E-state index contributed by atoms with van der Waals surface area (Å²) in [5.74, 6) is 0. The van der Waals surface area contributed by atoms with Gasteiger partial charge in [-0.1, -0.05) is 6.08 Å². The van der Waals surface area contributed by atoms with E-state index in [1.807, 2.05) is 11.7 Å². The van der Waals surface area contributed by atoms with Crippen LogP contribution in [-0.4, -0.2) is 6.26 Å². The second-order valence-corrected chi connectivity index (χ2v) is 1.35. The van der Waals surface area contributed by atoms with Crippen molar-refractivity contribution in [3.8, 4) is 0 Å². The van der Waals surface area contributed by atoms with Gasteiger partial charge in [-0.2, -0.15) is 0 Å². The fourth-order valence-corrected chi connectivity index (χ4v) is 0.289. The quantitative estimate of drug-likeness (QED) is 0.469. The molecule has 1 radical (unpaired) electrons. The molecule has 0 aliphatic heterocycles. The van der Waals surface area contributed by atoms with Crippen LogP contribution in [0.2, 0.25) is 0 Å². The predicted molar refractivity (Wildman–Crippen MR) is 28.0 cm³/mol. The molecule has 0 bridgehead atoms. The van der Waals surface area contributed by atoms with Crippen molar-refractivity contribution in [1.29, 1.82) is 0 Å². The molecule has 1 heteroatoms.